The number of halogens is 2. The average molecular weight is 372 g/mol. The lowest BCUT2D eigenvalue weighted by Gasteiger charge is -2.05. The molecule has 0 radical (unpaired) electrons. The van der Waals surface area contributed by atoms with Crippen LogP contribution in [-0.2, 0) is 0 Å². The van der Waals surface area contributed by atoms with Gasteiger partial charge in [-0.05, 0) is 48.0 Å². The summed E-state index contributed by atoms with van der Waals surface area (Å²) < 4.78 is 14.0. The summed E-state index contributed by atoms with van der Waals surface area (Å²) in [4.78, 5) is 15.9. The van der Waals surface area contributed by atoms with Crippen molar-refractivity contribution in [2.24, 2.45) is 0 Å². The Morgan fingerprint density at radius 3 is 2.70 bits per heavy atom. The van der Waals surface area contributed by atoms with E-state index in [2.05, 4.69) is 20.9 Å². The van der Waals surface area contributed by atoms with Gasteiger partial charge in [-0.15, -0.1) is 0 Å². The monoisotopic (exact) mass is 371 g/mol. The highest BCUT2D eigenvalue weighted by atomic mass is 79.9. The molecule has 0 aliphatic carbocycles. The number of benzene rings is 2. The van der Waals surface area contributed by atoms with Gasteiger partial charge in [0.05, 0.1) is 16.8 Å². The van der Waals surface area contributed by atoms with E-state index < -0.39 is 5.97 Å². The lowest BCUT2D eigenvalue weighted by Crippen LogP contribution is -2.00. The molecule has 3 rings (SSSR count). The molecule has 0 aliphatic rings. The fourth-order valence-electron chi connectivity index (χ4n) is 2.27. The van der Waals surface area contributed by atoms with Crippen LogP contribution in [0.2, 0.25) is 0 Å². The first-order chi connectivity index (χ1) is 11.0. The number of carbonyl (C=O) groups is 1. The van der Waals surface area contributed by atoms with Crippen LogP contribution in [0.3, 0.4) is 0 Å². The summed E-state index contributed by atoms with van der Waals surface area (Å²) in [5, 5.41) is 9.97. The number of rotatable bonds is 3. The van der Waals surface area contributed by atoms with Gasteiger partial charge in [0.1, 0.15) is 5.82 Å². The number of aromatic nitrogens is 1. The molecule has 0 saturated carbocycles. The fourth-order valence-corrected chi connectivity index (χ4v) is 2.63. The Morgan fingerprint density at radius 2 is 1.96 bits per heavy atom. The highest BCUT2D eigenvalue weighted by Crippen LogP contribution is 2.23. The second-order valence-electron chi connectivity index (χ2n) is 4.95. The Kier molecular flexibility index (Phi) is 4.21. The first kappa shape index (κ1) is 15.4. The lowest BCUT2D eigenvalue weighted by molar-refractivity contribution is 0.0699. The van der Waals surface area contributed by atoms with E-state index in [9.17, 15) is 14.3 Å². The quantitative estimate of drug-likeness (QED) is 0.704. The van der Waals surface area contributed by atoms with Gasteiger partial charge in [0.15, 0.2) is 0 Å². The van der Waals surface area contributed by atoms with Crippen LogP contribution >= 0.6 is 15.9 Å². The number of fused-ring (bicyclic) bond motifs is 1. The summed E-state index contributed by atoms with van der Waals surface area (Å²) in [6.45, 7) is 0. The number of carboxylic acids is 1. The highest BCUT2D eigenvalue weighted by molar-refractivity contribution is 9.10. The van der Waals surface area contributed by atoms with Crippen molar-refractivity contribution in [2.45, 2.75) is 0 Å². The SMILES string of the molecule is O=C(O)c1cc(/C=C/c2cccc(F)c2)nc2ccc(Br)cc12. The molecule has 0 saturated heterocycles. The van der Waals surface area contributed by atoms with Gasteiger partial charge in [0, 0.05) is 9.86 Å². The molecule has 0 aliphatic heterocycles. The number of pyridine rings is 1. The molecule has 1 aromatic heterocycles. The second-order valence-corrected chi connectivity index (χ2v) is 5.87. The smallest absolute Gasteiger partial charge is 0.336 e. The molecule has 0 amide bonds. The molecule has 0 spiro atoms. The van der Waals surface area contributed by atoms with Gasteiger partial charge >= 0.3 is 5.97 Å². The van der Waals surface area contributed by atoms with E-state index in [-0.39, 0.29) is 11.4 Å². The topological polar surface area (TPSA) is 50.2 Å². The number of nitrogens with zero attached hydrogens (tertiary/aromatic N) is 1. The van der Waals surface area contributed by atoms with Crippen molar-refractivity contribution < 1.29 is 14.3 Å². The zero-order chi connectivity index (χ0) is 16.4. The fraction of sp³-hybridized carbons (Fsp3) is 0. The maximum atomic E-state index is 13.2. The maximum absolute atomic E-state index is 13.2. The molecule has 1 heterocycles. The first-order valence-electron chi connectivity index (χ1n) is 6.80. The third-order valence-corrected chi connectivity index (χ3v) is 3.81. The molecular weight excluding hydrogens is 361 g/mol. The van der Waals surface area contributed by atoms with Gasteiger partial charge in [-0.25, -0.2) is 14.2 Å². The molecule has 114 valence electrons. The van der Waals surface area contributed by atoms with Crippen molar-refractivity contribution in [2.75, 3.05) is 0 Å². The van der Waals surface area contributed by atoms with Crippen molar-refractivity contribution in [3.63, 3.8) is 0 Å². The van der Waals surface area contributed by atoms with E-state index in [4.69, 9.17) is 0 Å². The van der Waals surface area contributed by atoms with Crippen molar-refractivity contribution in [1.82, 2.24) is 4.98 Å². The summed E-state index contributed by atoms with van der Waals surface area (Å²) in [7, 11) is 0. The number of hydrogen-bond acceptors (Lipinski definition) is 2. The van der Waals surface area contributed by atoms with Crippen molar-refractivity contribution in [3.05, 3.63) is 75.6 Å². The minimum atomic E-state index is -1.02. The molecule has 0 bridgehead atoms. The Bertz CT molecular complexity index is 937. The number of hydrogen-bond donors (Lipinski definition) is 1. The molecule has 3 aromatic rings. The zero-order valence-electron chi connectivity index (χ0n) is 11.8. The minimum Gasteiger partial charge on any atom is -0.478 e. The van der Waals surface area contributed by atoms with Gasteiger partial charge in [0.25, 0.3) is 0 Å². The molecular formula is C18H11BrFNO2. The van der Waals surface area contributed by atoms with E-state index in [0.29, 0.717) is 22.2 Å². The van der Waals surface area contributed by atoms with Gasteiger partial charge < -0.3 is 5.11 Å². The Labute approximate surface area is 140 Å². The zero-order valence-corrected chi connectivity index (χ0v) is 13.4. The van der Waals surface area contributed by atoms with E-state index in [1.807, 2.05) is 0 Å². The summed E-state index contributed by atoms with van der Waals surface area (Å²) in [6, 6.07) is 12.9. The summed E-state index contributed by atoms with van der Waals surface area (Å²) >= 11 is 3.33. The Balaban J connectivity index is 2.08. The van der Waals surface area contributed by atoms with E-state index in [1.165, 1.54) is 18.2 Å². The lowest BCUT2D eigenvalue weighted by atomic mass is 10.1. The third-order valence-electron chi connectivity index (χ3n) is 3.32. The van der Waals surface area contributed by atoms with Crippen LogP contribution in [0.1, 0.15) is 21.6 Å². The van der Waals surface area contributed by atoms with E-state index in [1.54, 1.807) is 42.5 Å². The Hall–Kier alpha value is -2.53. The van der Waals surface area contributed by atoms with Crippen LogP contribution in [0.15, 0.2) is 53.0 Å². The largest absolute Gasteiger partial charge is 0.478 e. The Morgan fingerprint density at radius 1 is 1.13 bits per heavy atom. The van der Waals surface area contributed by atoms with Crippen molar-refractivity contribution in [1.29, 1.82) is 0 Å². The van der Waals surface area contributed by atoms with E-state index in [0.717, 1.165) is 4.47 Å². The van der Waals surface area contributed by atoms with Crippen LogP contribution in [0.25, 0.3) is 23.1 Å². The molecule has 2 aromatic carbocycles. The minimum absolute atomic E-state index is 0.176. The third kappa shape index (κ3) is 3.46. The maximum Gasteiger partial charge on any atom is 0.336 e. The standard InChI is InChI=1S/C18H11BrFNO2/c19-12-5-7-17-15(9-12)16(18(22)23)10-14(21-17)6-4-11-2-1-3-13(20)8-11/h1-10H,(H,22,23)/b6-4+. The van der Waals surface area contributed by atoms with Gasteiger partial charge in [-0.2, -0.15) is 0 Å². The summed E-state index contributed by atoms with van der Waals surface area (Å²) in [6.07, 6.45) is 3.37. The molecule has 3 nitrogen and oxygen atoms in total. The van der Waals surface area contributed by atoms with Gasteiger partial charge in [-0.3, -0.25) is 0 Å². The summed E-state index contributed by atoms with van der Waals surface area (Å²) in [5.41, 5.74) is 1.95. The number of aromatic carboxylic acids is 1. The van der Waals surface area contributed by atoms with Gasteiger partial charge in [0.2, 0.25) is 0 Å². The summed E-state index contributed by atoms with van der Waals surface area (Å²) in [5.74, 6) is -1.34. The second kappa shape index (κ2) is 6.30. The average Bonchev–Trinajstić information content (AvgIpc) is 2.52. The molecule has 0 atom stereocenters. The van der Waals surface area contributed by atoms with Crippen LogP contribution < -0.4 is 0 Å². The van der Waals surface area contributed by atoms with Crippen LogP contribution in [0.5, 0.6) is 0 Å². The highest BCUT2D eigenvalue weighted by Gasteiger charge is 2.11. The number of carboxylic acid groups (broad SMARTS) is 1. The van der Waals surface area contributed by atoms with Crippen molar-refractivity contribution >= 4 is 45.0 Å². The van der Waals surface area contributed by atoms with Gasteiger partial charge in [-0.1, -0.05) is 34.1 Å². The molecule has 0 unspecified atom stereocenters. The van der Waals surface area contributed by atoms with Crippen molar-refractivity contribution in [3.8, 4) is 0 Å². The van der Waals surface area contributed by atoms with Crippen LogP contribution in [-0.4, -0.2) is 16.1 Å². The molecule has 23 heavy (non-hydrogen) atoms. The first-order valence-corrected chi connectivity index (χ1v) is 7.59. The van der Waals surface area contributed by atoms with Crippen LogP contribution in [0, 0.1) is 5.82 Å². The molecule has 1 N–H and O–H groups in total. The predicted octanol–water partition coefficient (Wildman–Crippen LogP) is 5.01. The normalized spacial score (nSPS) is 11.2. The predicted molar refractivity (Wildman–Crippen MR) is 91.7 cm³/mol. The molecule has 0 fully saturated rings. The van der Waals surface area contributed by atoms with Crippen LogP contribution in [0.4, 0.5) is 4.39 Å². The van der Waals surface area contributed by atoms with E-state index >= 15 is 0 Å². The molecule has 5 heteroatoms.